The van der Waals surface area contributed by atoms with Gasteiger partial charge >= 0.3 is 0 Å². The number of fused-ring (bicyclic) bond motifs is 1. The Kier molecular flexibility index (Phi) is 3.33. The lowest BCUT2D eigenvalue weighted by Crippen LogP contribution is -2.26. The van der Waals surface area contributed by atoms with E-state index < -0.39 is 0 Å². The van der Waals surface area contributed by atoms with E-state index in [4.69, 9.17) is 0 Å². The van der Waals surface area contributed by atoms with Crippen molar-refractivity contribution in [1.29, 1.82) is 0 Å². The molecule has 108 valence electrons. The van der Waals surface area contributed by atoms with Crippen molar-refractivity contribution in [1.82, 2.24) is 19.9 Å². The van der Waals surface area contributed by atoms with E-state index >= 15 is 0 Å². The van der Waals surface area contributed by atoms with E-state index in [1.165, 1.54) is 11.9 Å². The third kappa shape index (κ3) is 2.72. The van der Waals surface area contributed by atoms with E-state index in [1.807, 2.05) is 6.07 Å². The van der Waals surface area contributed by atoms with Crippen molar-refractivity contribution in [2.45, 2.75) is 26.8 Å². The van der Waals surface area contributed by atoms with Crippen molar-refractivity contribution < 1.29 is 0 Å². The Morgan fingerprint density at radius 1 is 1.05 bits per heavy atom. The zero-order valence-electron chi connectivity index (χ0n) is 12.5. The molecule has 0 aliphatic rings. The van der Waals surface area contributed by atoms with Crippen LogP contribution in [-0.2, 0) is 0 Å². The summed E-state index contributed by atoms with van der Waals surface area (Å²) < 4.78 is 0. The van der Waals surface area contributed by atoms with Crippen LogP contribution in [0, 0.1) is 5.41 Å². The minimum atomic E-state index is 0.0403. The maximum Gasteiger partial charge on any atom is 0.182 e. The van der Waals surface area contributed by atoms with Crippen molar-refractivity contribution in [2.24, 2.45) is 5.41 Å². The van der Waals surface area contributed by atoms with Crippen LogP contribution < -0.4 is 5.32 Å². The quantitative estimate of drug-likeness (QED) is 0.770. The summed E-state index contributed by atoms with van der Waals surface area (Å²) in [7, 11) is 0. The minimum Gasteiger partial charge on any atom is -0.361 e. The number of aromatic amines is 1. The molecule has 0 radical (unpaired) electrons. The lowest BCUT2D eigenvalue weighted by Gasteiger charge is -2.32. The van der Waals surface area contributed by atoms with Crippen LogP contribution in [0.1, 0.15) is 32.4 Å². The van der Waals surface area contributed by atoms with Crippen LogP contribution in [0.5, 0.6) is 0 Å². The van der Waals surface area contributed by atoms with Crippen LogP contribution in [0.2, 0.25) is 0 Å². The Morgan fingerprint density at radius 2 is 1.81 bits per heavy atom. The summed E-state index contributed by atoms with van der Waals surface area (Å²) in [4.78, 5) is 15.8. The topological polar surface area (TPSA) is 66.5 Å². The largest absolute Gasteiger partial charge is 0.361 e. The Hall–Kier alpha value is -2.43. The lowest BCUT2D eigenvalue weighted by molar-refractivity contribution is 0.347. The molecule has 1 aromatic carbocycles. The van der Waals surface area contributed by atoms with Crippen molar-refractivity contribution in [3.05, 3.63) is 48.5 Å². The molecular formula is C16H19N5. The van der Waals surface area contributed by atoms with Gasteiger partial charge in [0.1, 0.15) is 11.8 Å². The van der Waals surface area contributed by atoms with Crippen molar-refractivity contribution in [2.75, 3.05) is 5.32 Å². The maximum atomic E-state index is 4.36. The smallest absolute Gasteiger partial charge is 0.182 e. The molecule has 0 amide bonds. The van der Waals surface area contributed by atoms with Crippen LogP contribution in [0.25, 0.3) is 11.2 Å². The summed E-state index contributed by atoms with van der Waals surface area (Å²) in [5.74, 6) is 0.779. The average Bonchev–Trinajstić information content (AvgIpc) is 2.93. The average molecular weight is 281 g/mol. The number of benzene rings is 1. The number of imidazole rings is 1. The standard InChI is InChI=1S/C16H19N5/c1-16(2,3)13(11-7-5-4-6-8-11)21-15-12-14(18-9-17-12)19-10-20-15/h4-10,13H,1-3H3,(H2,17,18,19,20,21)/t13-/m1/s1. The van der Waals surface area contributed by atoms with Crippen LogP contribution in [0.4, 0.5) is 5.82 Å². The second kappa shape index (κ2) is 5.16. The highest BCUT2D eigenvalue weighted by molar-refractivity contribution is 5.82. The van der Waals surface area contributed by atoms with Gasteiger partial charge in [-0.25, -0.2) is 15.0 Å². The number of rotatable bonds is 3. The summed E-state index contributed by atoms with van der Waals surface area (Å²) >= 11 is 0. The molecule has 1 atom stereocenters. The Bertz CT molecular complexity index is 727. The van der Waals surface area contributed by atoms with Gasteiger partial charge < -0.3 is 10.3 Å². The van der Waals surface area contributed by atoms with E-state index in [-0.39, 0.29) is 11.5 Å². The highest BCUT2D eigenvalue weighted by Crippen LogP contribution is 2.36. The van der Waals surface area contributed by atoms with Gasteiger partial charge in [-0.15, -0.1) is 0 Å². The number of nitrogens with one attached hydrogen (secondary N) is 2. The second-order valence-corrected chi connectivity index (χ2v) is 6.18. The molecule has 2 heterocycles. The SMILES string of the molecule is CC(C)(C)[C@H](Nc1ncnc2nc[nH]c12)c1ccccc1. The Labute approximate surface area is 123 Å². The first-order chi connectivity index (χ1) is 10.1. The number of H-pyrrole nitrogens is 1. The van der Waals surface area contributed by atoms with Gasteiger partial charge in [-0.1, -0.05) is 51.1 Å². The Balaban J connectivity index is 2.01. The van der Waals surface area contributed by atoms with Crippen LogP contribution >= 0.6 is 0 Å². The predicted octanol–water partition coefficient (Wildman–Crippen LogP) is 3.55. The van der Waals surface area contributed by atoms with Crippen molar-refractivity contribution in [3.63, 3.8) is 0 Å². The number of hydrogen-bond donors (Lipinski definition) is 2. The lowest BCUT2D eigenvalue weighted by atomic mass is 9.82. The van der Waals surface area contributed by atoms with Crippen LogP contribution in [-0.4, -0.2) is 19.9 Å². The number of aromatic nitrogens is 4. The summed E-state index contributed by atoms with van der Waals surface area (Å²) in [5.41, 5.74) is 2.78. The van der Waals surface area contributed by atoms with Gasteiger partial charge in [0.05, 0.1) is 12.4 Å². The van der Waals surface area contributed by atoms with Crippen LogP contribution in [0.15, 0.2) is 43.0 Å². The van der Waals surface area contributed by atoms with Crippen molar-refractivity contribution in [3.8, 4) is 0 Å². The molecule has 0 saturated heterocycles. The molecule has 0 bridgehead atoms. The van der Waals surface area contributed by atoms with Crippen molar-refractivity contribution >= 4 is 17.0 Å². The maximum absolute atomic E-state index is 4.36. The molecule has 21 heavy (non-hydrogen) atoms. The van der Waals surface area contributed by atoms with E-state index in [2.05, 4.69) is 70.3 Å². The predicted molar refractivity (Wildman–Crippen MR) is 83.9 cm³/mol. The van der Waals surface area contributed by atoms with Gasteiger partial charge in [-0.3, -0.25) is 0 Å². The zero-order chi connectivity index (χ0) is 14.9. The van der Waals surface area contributed by atoms with Gasteiger partial charge in [0.25, 0.3) is 0 Å². The van der Waals surface area contributed by atoms with Gasteiger partial charge in [-0.2, -0.15) is 0 Å². The van der Waals surface area contributed by atoms with Crippen LogP contribution in [0.3, 0.4) is 0 Å². The Morgan fingerprint density at radius 3 is 2.52 bits per heavy atom. The zero-order valence-corrected chi connectivity index (χ0v) is 12.5. The van der Waals surface area contributed by atoms with Gasteiger partial charge in [-0.05, 0) is 11.0 Å². The first-order valence-electron chi connectivity index (χ1n) is 7.01. The number of nitrogens with zero attached hydrogens (tertiary/aromatic N) is 3. The molecule has 0 fully saturated rings. The molecule has 3 rings (SSSR count). The highest BCUT2D eigenvalue weighted by atomic mass is 15.1. The first kappa shape index (κ1) is 13.5. The molecule has 0 aliphatic heterocycles. The highest BCUT2D eigenvalue weighted by Gasteiger charge is 2.27. The molecule has 0 aliphatic carbocycles. The molecule has 0 spiro atoms. The van der Waals surface area contributed by atoms with Gasteiger partial charge in [0.15, 0.2) is 11.5 Å². The summed E-state index contributed by atoms with van der Waals surface area (Å²) in [5, 5.41) is 3.54. The van der Waals surface area contributed by atoms with E-state index in [0.29, 0.717) is 5.65 Å². The molecule has 2 aromatic heterocycles. The molecular weight excluding hydrogens is 262 g/mol. The fourth-order valence-corrected chi connectivity index (χ4v) is 2.46. The van der Waals surface area contributed by atoms with E-state index in [0.717, 1.165) is 11.3 Å². The normalized spacial score (nSPS) is 13.3. The number of hydrogen-bond acceptors (Lipinski definition) is 4. The summed E-state index contributed by atoms with van der Waals surface area (Å²) in [6, 6.07) is 10.5. The summed E-state index contributed by atoms with van der Waals surface area (Å²) in [6.45, 7) is 6.63. The summed E-state index contributed by atoms with van der Waals surface area (Å²) in [6.07, 6.45) is 3.18. The molecule has 0 saturated carbocycles. The van der Waals surface area contributed by atoms with E-state index in [1.54, 1.807) is 6.33 Å². The minimum absolute atomic E-state index is 0.0403. The molecule has 3 aromatic rings. The molecule has 2 N–H and O–H groups in total. The van der Waals surface area contributed by atoms with Gasteiger partial charge in [0, 0.05) is 0 Å². The first-order valence-corrected chi connectivity index (χ1v) is 7.01. The molecule has 5 nitrogen and oxygen atoms in total. The fraction of sp³-hybridized carbons (Fsp3) is 0.312. The van der Waals surface area contributed by atoms with Gasteiger partial charge in [0.2, 0.25) is 0 Å². The molecule has 5 heteroatoms. The van der Waals surface area contributed by atoms with E-state index in [9.17, 15) is 0 Å². The molecule has 0 unspecified atom stereocenters. The second-order valence-electron chi connectivity index (χ2n) is 6.18. The third-order valence-electron chi connectivity index (χ3n) is 3.50. The third-order valence-corrected chi connectivity index (χ3v) is 3.50. The number of anilines is 1. The monoisotopic (exact) mass is 281 g/mol. The fourth-order valence-electron chi connectivity index (χ4n) is 2.46.